The molecule has 3 N–H and O–H groups in total. The van der Waals surface area contributed by atoms with Crippen LogP contribution in [0.3, 0.4) is 0 Å². The number of nitrogens with one attached hydrogen (secondary N) is 3. The van der Waals surface area contributed by atoms with Gasteiger partial charge in [0.2, 0.25) is 5.91 Å². The largest absolute Gasteiger partial charge is 0.360 e. The molecule has 2 aromatic carbocycles. The fraction of sp³-hybridized carbons (Fsp3) is 0.0526. The van der Waals surface area contributed by atoms with Crippen LogP contribution in [0.4, 0.5) is 5.82 Å². The van der Waals surface area contributed by atoms with Crippen LogP contribution in [0.2, 0.25) is 5.02 Å². The van der Waals surface area contributed by atoms with Gasteiger partial charge in [0.1, 0.15) is 0 Å². The van der Waals surface area contributed by atoms with Crippen LogP contribution in [-0.4, -0.2) is 26.8 Å². The van der Waals surface area contributed by atoms with Crippen molar-refractivity contribution >= 4 is 46.0 Å². The third-order valence-corrected chi connectivity index (χ3v) is 5.17. The number of anilines is 1. The second kappa shape index (κ2) is 7.27. The highest BCUT2D eigenvalue weighted by molar-refractivity contribution is 8.00. The van der Waals surface area contributed by atoms with E-state index in [1.807, 2.05) is 60.8 Å². The van der Waals surface area contributed by atoms with E-state index in [0.29, 0.717) is 16.6 Å². The van der Waals surface area contributed by atoms with Gasteiger partial charge in [-0.25, -0.2) is 0 Å². The zero-order valence-electron chi connectivity index (χ0n) is 13.6. The molecule has 0 atom stereocenters. The van der Waals surface area contributed by atoms with Gasteiger partial charge in [0.05, 0.1) is 11.4 Å². The number of carbonyl (C=O) groups is 1. The van der Waals surface area contributed by atoms with Crippen molar-refractivity contribution in [3.63, 3.8) is 0 Å². The Bertz CT molecular complexity index is 1050. The second-order valence-electron chi connectivity index (χ2n) is 5.71. The van der Waals surface area contributed by atoms with Gasteiger partial charge in [-0.05, 0) is 30.3 Å². The third-order valence-electron chi connectivity index (χ3n) is 3.91. The quantitative estimate of drug-likeness (QED) is 0.428. The van der Waals surface area contributed by atoms with Crippen molar-refractivity contribution < 1.29 is 4.79 Å². The number of hydrogen-bond acceptors (Lipinski definition) is 3. The zero-order chi connectivity index (χ0) is 17.9. The number of benzene rings is 2. The number of rotatable bonds is 5. The van der Waals surface area contributed by atoms with Crippen molar-refractivity contribution in [3.8, 4) is 11.3 Å². The molecule has 26 heavy (non-hydrogen) atoms. The summed E-state index contributed by atoms with van der Waals surface area (Å²) in [4.78, 5) is 16.4. The van der Waals surface area contributed by atoms with E-state index >= 15 is 0 Å². The van der Waals surface area contributed by atoms with Crippen molar-refractivity contribution in [1.29, 1.82) is 0 Å². The van der Waals surface area contributed by atoms with E-state index in [2.05, 4.69) is 20.5 Å². The molecule has 2 aromatic heterocycles. The number of carbonyl (C=O) groups excluding carboxylic acids is 1. The van der Waals surface area contributed by atoms with Crippen molar-refractivity contribution in [2.24, 2.45) is 0 Å². The molecule has 4 aromatic rings. The molecule has 2 heterocycles. The Morgan fingerprint density at radius 3 is 2.81 bits per heavy atom. The summed E-state index contributed by atoms with van der Waals surface area (Å²) in [7, 11) is 0. The summed E-state index contributed by atoms with van der Waals surface area (Å²) >= 11 is 7.31. The summed E-state index contributed by atoms with van der Waals surface area (Å²) in [6.07, 6.45) is 1.93. The topological polar surface area (TPSA) is 73.6 Å². The lowest BCUT2D eigenvalue weighted by Gasteiger charge is -2.02. The maximum Gasteiger partial charge on any atom is 0.235 e. The van der Waals surface area contributed by atoms with Crippen LogP contribution in [0.25, 0.3) is 22.2 Å². The number of aromatic nitrogens is 3. The number of hydrogen-bond donors (Lipinski definition) is 3. The minimum absolute atomic E-state index is 0.109. The minimum atomic E-state index is -0.109. The lowest BCUT2D eigenvalue weighted by atomic mass is 10.1. The number of H-pyrrole nitrogens is 2. The van der Waals surface area contributed by atoms with Gasteiger partial charge in [-0.1, -0.05) is 29.8 Å². The molecule has 0 aliphatic rings. The number of thioether (sulfide) groups is 1. The number of amides is 1. The molecule has 1 amide bonds. The second-order valence-corrected chi connectivity index (χ2v) is 7.19. The Morgan fingerprint density at radius 1 is 1.15 bits per heavy atom. The molecule has 0 aliphatic heterocycles. The lowest BCUT2D eigenvalue weighted by molar-refractivity contribution is -0.113. The van der Waals surface area contributed by atoms with Crippen LogP contribution in [0.5, 0.6) is 0 Å². The van der Waals surface area contributed by atoms with Crippen LogP contribution < -0.4 is 5.32 Å². The highest BCUT2D eigenvalue weighted by Gasteiger charge is 2.11. The molecule has 0 radical (unpaired) electrons. The molecular weight excluding hydrogens is 368 g/mol. The summed E-state index contributed by atoms with van der Waals surface area (Å²) in [6, 6.07) is 17.3. The Labute approximate surface area is 159 Å². The van der Waals surface area contributed by atoms with E-state index in [0.717, 1.165) is 27.1 Å². The molecule has 130 valence electrons. The maximum atomic E-state index is 12.1. The number of fused-ring (bicyclic) bond motifs is 1. The summed E-state index contributed by atoms with van der Waals surface area (Å²) in [6.45, 7) is 0. The van der Waals surface area contributed by atoms with E-state index in [9.17, 15) is 4.79 Å². The van der Waals surface area contributed by atoms with Gasteiger partial charge in [0.25, 0.3) is 0 Å². The number of nitrogens with zero attached hydrogens (tertiary/aromatic N) is 1. The molecule has 5 nitrogen and oxygen atoms in total. The van der Waals surface area contributed by atoms with E-state index in [4.69, 9.17) is 11.6 Å². The first kappa shape index (κ1) is 16.8. The van der Waals surface area contributed by atoms with Gasteiger partial charge in [-0.15, -0.1) is 11.8 Å². The average Bonchev–Trinajstić information content (AvgIpc) is 3.28. The standard InChI is InChI=1S/C19H15ClN4OS/c20-12-5-7-13(8-6-12)26-11-19(25)22-18-9-17(23-24-18)15-10-21-16-4-2-1-3-14(15)16/h1-10,21H,11H2,(H2,22,23,24,25). The summed E-state index contributed by atoms with van der Waals surface area (Å²) in [5, 5.41) is 11.8. The van der Waals surface area contributed by atoms with Crippen molar-refractivity contribution in [1.82, 2.24) is 15.2 Å². The SMILES string of the molecule is O=C(CSc1ccc(Cl)cc1)Nc1cc(-c2c[nH]c3ccccc23)[nH]n1. The first-order valence-corrected chi connectivity index (χ1v) is 9.35. The molecule has 0 saturated heterocycles. The highest BCUT2D eigenvalue weighted by Crippen LogP contribution is 2.28. The minimum Gasteiger partial charge on any atom is -0.360 e. The molecular formula is C19H15ClN4OS. The molecule has 0 bridgehead atoms. The number of aromatic amines is 2. The molecule has 0 aliphatic carbocycles. The molecule has 0 fully saturated rings. The Morgan fingerprint density at radius 2 is 1.96 bits per heavy atom. The van der Waals surface area contributed by atoms with Crippen molar-refractivity contribution in [2.75, 3.05) is 11.1 Å². The molecule has 7 heteroatoms. The van der Waals surface area contributed by atoms with E-state index in [1.165, 1.54) is 11.8 Å². The first-order valence-electron chi connectivity index (χ1n) is 7.99. The Balaban J connectivity index is 1.41. The number of halogens is 1. The molecule has 0 spiro atoms. The van der Waals surface area contributed by atoms with Crippen molar-refractivity contribution in [3.05, 3.63) is 65.8 Å². The Kier molecular flexibility index (Phi) is 4.69. The summed E-state index contributed by atoms with van der Waals surface area (Å²) < 4.78 is 0. The summed E-state index contributed by atoms with van der Waals surface area (Å²) in [5.74, 6) is 0.700. The van der Waals surface area contributed by atoms with Crippen LogP contribution in [-0.2, 0) is 4.79 Å². The van der Waals surface area contributed by atoms with Crippen LogP contribution in [0.1, 0.15) is 0 Å². The zero-order valence-corrected chi connectivity index (χ0v) is 15.2. The van der Waals surface area contributed by atoms with Gasteiger partial charge in [-0.3, -0.25) is 9.89 Å². The fourth-order valence-electron chi connectivity index (χ4n) is 2.68. The molecule has 0 unspecified atom stereocenters. The van der Waals surface area contributed by atoms with E-state index in [-0.39, 0.29) is 5.91 Å². The smallest absolute Gasteiger partial charge is 0.235 e. The van der Waals surface area contributed by atoms with Gasteiger partial charge < -0.3 is 10.3 Å². The van der Waals surface area contributed by atoms with Gasteiger partial charge in [0, 0.05) is 38.6 Å². The van der Waals surface area contributed by atoms with Crippen LogP contribution >= 0.6 is 23.4 Å². The van der Waals surface area contributed by atoms with Gasteiger partial charge >= 0.3 is 0 Å². The Hall–Kier alpha value is -2.70. The fourth-order valence-corrected chi connectivity index (χ4v) is 3.50. The molecule has 0 saturated carbocycles. The molecule has 4 rings (SSSR count). The third kappa shape index (κ3) is 3.61. The summed E-state index contributed by atoms with van der Waals surface area (Å²) in [5.41, 5.74) is 2.93. The predicted molar refractivity (Wildman–Crippen MR) is 107 cm³/mol. The monoisotopic (exact) mass is 382 g/mol. The lowest BCUT2D eigenvalue weighted by Crippen LogP contribution is -2.14. The highest BCUT2D eigenvalue weighted by atomic mass is 35.5. The van der Waals surface area contributed by atoms with Crippen LogP contribution in [0.15, 0.2) is 65.7 Å². The van der Waals surface area contributed by atoms with Gasteiger partial charge in [0.15, 0.2) is 5.82 Å². The maximum absolute atomic E-state index is 12.1. The first-order chi connectivity index (χ1) is 12.7. The normalized spacial score (nSPS) is 11.0. The van der Waals surface area contributed by atoms with E-state index < -0.39 is 0 Å². The number of para-hydroxylation sites is 1. The van der Waals surface area contributed by atoms with Crippen molar-refractivity contribution in [2.45, 2.75) is 4.90 Å². The predicted octanol–water partition coefficient (Wildman–Crippen LogP) is 4.94. The van der Waals surface area contributed by atoms with E-state index in [1.54, 1.807) is 0 Å². The van der Waals surface area contributed by atoms with Crippen LogP contribution in [0, 0.1) is 0 Å². The average molecular weight is 383 g/mol. The van der Waals surface area contributed by atoms with Gasteiger partial charge in [-0.2, -0.15) is 5.10 Å².